The lowest BCUT2D eigenvalue weighted by molar-refractivity contribution is 0.619. The van der Waals surface area contributed by atoms with Crippen LogP contribution in [0, 0.1) is 5.92 Å². The molecule has 2 N–H and O–H groups in total. The Hall–Kier alpha value is -0.350. The number of nitrogen functional groups attached to an aromatic ring is 1. The molecule has 1 aromatic carbocycles. The van der Waals surface area contributed by atoms with Gasteiger partial charge in [0.25, 0.3) is 0 Å². The third-order valence-corrected chi connectivity index (χ3v) is 4.16. The van der Waals surface area contributed by atoms with Crippen LogP contribution in [0.5, 0.6) is 0 Å². The van der Waals surface area contributed by atoms with Crippen LogP contribution in [0.15, 0.2) is 22.7 Å². The lowest BCUT2D eigenvalue weighted by Gasteiger charge is -2.07. The Bertz CT molecular complexity index is 379. The predicted octanol–water partition coefficient (Wildman–Crippen LogP) is 3.33. The van der Waals surface area contributed by atoms with Crippen LogP contribution in [0.25, 0.3) is 0 Å². The number of anilines is 1. The van der Waals surface area contributed by atoms with E-state index in [1.165, 1.54) is 0 Å². The summed E-state index contributed by atoms with van der Waals surface area (Å²) in [7, 11) is -0.804. The highest BCUT2D eigenvalue weighted by Crippen LogP contribution is 2.20. The van der Waals surface area contributed by atoms with E-state index in [1.54, 1.807) is 0 Å². The van der Waals surface area contributed by atoms with Crippen LogP contribution in [-0.4, -0.2) is 9.96 Å². The van der Waals surface area contributed by atoms with Crippen molar-refractivity contribution in [1.29, 1.82) is 0 Å². The highest BCUT2D eigenvalue weighted by molar-refractivity contribution is 9.10. The number of hydrogen-bond donors (Lipinski definition) is 1. The summed E-state index contributed by atoms with van der Waals surface area (Å²) in [5.74, 6) is 1.92. The van der Waals surface area contributed by atoms with Gasteiger partial charge in [0.1, 0.15) is 0 Å². The summed E-state index contributed by atoms with van der Waals surface area (Å²) in [6.45, 7) is 4.29. The number of halogens is 1. The molecular formula is C12H18BrNOS. The Morgan fingerprint density at radius 1 is 1.44 bits per heavy atom. The third-order valence-electron chi connectivity index (χ3n) is 2.35. The molecule has 0 saturated heterocycles. The molecule has 0 heterocycles. The lowest BCUT2D eigenvalue weighted by Crippen LogP contribution is -2.05. The molecule has 0 fully saturated rings. The van der Waals surface area contributed by atoms with Gasteiger partial charge in [0, 0.05) is 26.7 Å². The van der Waals surface area contributed by atoms with Crippen molar-refractivity contribution in [3.8, 4) is 0 Å². The Morgan fingerprint density at radius 3 is 2.69 bits per heavy atom. The lowest BCUT2D eigenvalue weighted by atomic mass is 10.2. The van der Waals surface area contributed by atoms with Crippen molar-refractivity contribution in [1.82, 2.24) is 0 Å². The van der Waals surface area contributed by atoms with Crippen LogP contribution in [0.2, 0.25) is 0 Å². The first-order valence-electron chi connectivity index (χ1n) is 5.38. The van der Waals surface area contributed by atoms with Crippen LogP contribution in [0.4, 0.5) is 5.69 Å². The highest BCUT2D eigenvalue weighted by Gasteiger charge is 2.06. The second-order valence-electron chi connectivity index (χ2n) is 4.31. The molecule has 1 unspecified atom stereocenters. The minimum atomic E-state index is -0.804. The van der Waals surface area contributed by atoms with Gasteiger partial charge in [0.2, 0.25) is 0 Å². The molecule has 0 aliphatic carbocycles. The number of nitrogens with two attached hydrogens (primary N) is 1. The zero-order chi connectivity index (χ0) is 12.1. The van der Waals surface area contributed by atoms with Gasteiger partial charge >= 0.3 is 0 Å². The number of hydrogen-bond acceptors (Lipinski definition) is 2. The Labute approximate surface area is 108 Å². The van der Waals surface area contributed by atoms with Gasteiger partial charge < -0.3 is 5.73 Å². The van der Waals surface area contributed by atoms with E-state index in [0.29, 0.717) is 17.4 Å². The van der Waals surface area contributed by atoms with Crippen LogP contribution < -0.4 is 5.73 Å². The molecule has 0 radical (unpaired) electrons. The maximum atomic E-state index is 11.8. The summed E-state index contributed by atoms with van der Waals surface area (Å²) in [6.07, 6.45) is 1.00. The maximum Gasteiger partial charge on any atom is 0.0505 e. The minimum Gasteiger partial charge on any atom is -0.398 e. The Kier molecular flexibility index (Phi) is 5.49. The molecule has 16 heavy (non-hydrogen) atoms. The standard InChI is InChI=1S/C12H18BrNOS/c1-9(2)5-6-16(15)8-10-3-4-11(13)7-12(10)14/h3-4,7,9H,5-6,8,14H2,1-2H3. The number of rotatable bonds is 5. The van der Waals surface area contributed by atoms with Gasteiger partial charge in [-0.15, -0.1) is 0 Å². The van der Waals surface area contributed by atoms with E-state index in [4.69, 9.17) is 5.73 Å². The first-order valence-corrected chi connectivity index (χ1v) is 7.66. The van der Waals surface area contributed by atoms with Crippen molar-refractivity contribution >= 4 is 32.4 Å². The van der Waals surface area contributed by atoms with Gasteiger partial charge in [-0.25, -0.2) is 0 Å². The van der Waals surface area contributed by atoms with Crippen LogP contribution >= 0.6 is 15.9 Å². The molecular weight excluding hydrogens is 286 g/mol. The summed E-state index contributed by atoms with van der Waals surface area (Å²) < 4.78 is 12.8. The molecule has 0 aliphatic rings. The van der Waals surface area contributed by atoms with Crippen molar-refractivity contribution in [2.75, 3.05) is 11.5 Å². The summed E-state index contributed by atoms with van der Waals surface area (Å²) in [5.41, 5.74) is 7.55. The molecule has 0 aliphatic heterocycles. The van der Waals surface area contributed by atoms with E-state index in [2.05, 4.69) is 29.8 Å². The fraction of sp³-hybridized carbons (Fsp3) is 0.500. The predicted molar refractivity (Wildman–Crippen MR) is 74.7 cm³/mol. The summed E-state index contributed by atoms with van der Waals surface area (Å²) in [6, 6.07) is 5.73. The molecule has 1 aromatic rings. The molecule has 0 saturated carbocycles. The number of benzene rings is 1. The van der Waals surface area contributed by atoms with Gasteiger partial charge in [-0.05, 0) is 30.0 Å². The zero-order valence-corrected chi connectivity index (χ0v) is 12.1. The normalized spacial score (nSPS) is 13.0. The van der Waals surface area contributed by atoms with Gasteiger partial charge in [0.15, 0.2) is 0 Å². The van der Waals surface area contributed by atoms with E-state index >= 15 is 0 Å². The van der Waals surface area contributed by atoms with Crippen molar-refractivity contribution in [2.24, 2.45) is 5.92 Å². The van der Waals surface area contributed by atoms with Crippen LogP contribution in [0.3, 0.4) is 0 Å². The first kappa shape index (κ1) is 13.7. The van der Waals surface area contributed by atoms with Crippen LogP contribution in [0.1, 0.15) is 25.8 Å². The first-order chi connectivity index (χ1) is 7.49. The molecule has 2 nitrogen and oxygen atoms in total. The second-order valence-corrected chi connectivity index (χ2v) is 6.81. The van der Waals surface area contributed by atoms with Crippen LogP contribution in [-0.2, 0) is 16.6 Å². The van der Waals surface area contributed by atoms with Crippen molar-refractivity contribution in [2.45, 2.75) is 26.0 Å². The molecule has 4 heteroatoms. The SMILES string of the molecule is CC(C)CCS(=O)Cc1ccc(Br)cc1N. The average Bonchev–Trinajstić information content (AvgIpc) is 2.19. The van der Waals surface area contributed by atoms with Gasteiger partial charge in [-0.3, -0.25) is 4.21 Å². The zero-order valence-electron chi connectivity index (χ0n) is 9.70. The quantitative estimate of drug-likeness (QED) is 0.848. The highest BCUT2D eigenvalue weighted by atomic mass is 79.9. The Balaban J connectivity index is 2.56. The molecule has 1 atom stereocenters. The molecule has 0 amide bonds. The third kappa shape index (κ3) is 4.66. The van der Waals surface area contributed by atoms with E-state index in [1.807, 2.05) is 18.2 Å². The second kappa shape index (κ2) is 6.40. The Morgan fingerprint density at radius 2 is 2.12 bits per heavy atom. The molecule has 0 spiro atoms. The largest absolute Gasteiger partial charge is 0.398 e. The maximum absolute atomic E-state index is 11.8. The fourth-order valence-electron chi connectivity index (χ4n) is 1.31. The summed E-state index contributed by atoms with van der Waals surface area (Å²) >= 11 is 3.36. The van der Waals surface area contributed by atoms with Crippen molar-refractivity contribution in [3.05, 3.63) is 28.2 Å². The fourth-order valence-corrected chi connectivity index (χ4v) is 3.18. The van der Waals surface area contributed by atoms with E-state index in [-0.39, 0.29) is 0 Å². The van der Waals surface area contributed by atoms with E-state index < -0.39 is 10.8 Å². The van der Waals surface area contributed by atoms with Gasteiger partial charge in [-0.2, -0.15) is 0 Å². The summed E-state index contributed by atoms with van der Waals surface area (Å²) in [4.78, 5) is 0. The minimum absolute atomic E-state index is 0.561. The molecule has 0 bridgehead atoms. The van der Waals surface area contributed by atoms with Gasteiger partial charge in [0.05, 0.1) is 5.75 Å². The summed E-state index contributed by atoms with van der Waals surface area (Å²) in [5, 5.41) is 0. The smallest absolute Gasteiger partial charge is 0.0505 e. The topological polar surface area (TPSA) is 43.1 Å². The van der Waals surface area contributed by atoms with E-state index in [0.717, 1.165) is 22.2 Å². The van der Waals surface area contributed by atoms with E-state index in [9.17, 15) is 4.21 Å². The molecule has 0 aromatic heterocycles. The molecule has 1 rings (SSSR count). The van der Waals surface area contributed by atoms with Gasteiger partial charge in [-0.1, -0.05) is 35.8 Å². The average molecular weight is 304 g/mol. The van der Waals surface area contributed by atoms with Crippen molar-refractivity contribution < 1.29 is 4.21 Å². The van der Waals surface area contributed by atoms with Crippen molar-refractivity contribution in [3.63, 3.8) is 0 Å². The molecule has 90 valence electrons. The monoisotopic (exact) mass is 303 g/mol.